The molecule has 1 aromatic carbocycles. The molecule has 0 aliphatic carbocycles. The van der Waals surface area contributed by atoms with Gasteiger partial charge in [0.15, 0.2) is 0 Å². The van der Waals surface area contributed by atoms with Gasteiger partial charge in [-0.05, 0) is 18.2 Å². The summed E-state index contributed by atoms with van der Waals surface area (Å²) < 4.78 is 44.1. The van der Waals surface area contributed by atoms with Crippen molar-refractivity contribution >= 4 is 17.6 Å². The lowest BCUT2D eigenvalue weighted by Gasteiger charge is -2.16. The minimum Gasteiger partial charge on any atom is -0.496 e. The topological polar surface area (TPSA) is 80.3 Å². The van der Waals surface area contributed by atoms with E-state index in [1.807, 2.05) is 0 Å². The predicted octanol–water partition coefficient (Wildman–Crippen LogP) is 3.63. The Morgan fingerprint density at radius 2 is 1.93 bits per heavy atom. The molecule has 0 aliphatic rings. The average Bonchev–Trinajstić information content (AvgIpc) is 2.65. The summed E-state index contributed by atoms with van der Waals surface area (Å²) in [6, 6.07) is 6.42. The van der Waals surface area contributed by atoms with Crippen LogP contribution in [0.3, 0.4) is 0 Å². The lowest BCUT2D eigenvalue weighted by Crippen LogP contribution is -2.24. The van der Waals surface area contributed by atoms with Crippen molar-refractivity contribution in [3.05, 3.63) is 53.2 Å². The van der Waals surface area contributed by atoms with Gasteiger partial charge in [0.25, 0.3) is 5.91 Å². The molecule has 0 fully saturated rings. The molecule has 2 amide bonds. The van der Waals surface area contributed by atoms with Crippen molar-refractivity contribution in [1.29, 1.82) is 0 Å². The molecule has 0 saturated carbocycles. The third kappa shape index (κ3) is 5.21. The second kappa shape index (κ2) is 8.73. The molecular formula is C19H20F3N3O3. The summed E-state index contributed by atoms with van der Waals surface area (Å²) in [4.78, 5) is 28.1. The standard InChI is InChI=1S/C19H20F3N3O3/c1-11(2)17(26)25-15-9-12(7-8-23-15)18(27)24-10-13-5-4-6-14(16(13)28-3)19(20,21)22/h4-9,11H,10H2,1-3H3,(H,24,27)(H,23,25,26). The van der Waals surface area contributed by atoms with Crippen molar-refractivity contribution in [2.45, 2.75) is 26.6 Å². The number of pyridine rings is 1. The Morgan fingerprint density at radius 1 is 1.21 bits per heavy atom. The summed E-state index contributed by atoms with van der Waals surface area (Å²) in [5.41, 5.74) is -0.516. The van der Waals surface area contributed by atoms with Crippen LogP contribution in [0.5, 0.6) is 5.75 Å². The molecule has 1 aromatic heterocycles. The Balaban J connectivity index is 2.14. The van der Waals surface area contributed by atoms with Crippen LogP contribution in [0.25, 0.3) is 0 Å². The van der Waals surface area contributed by atoms with Crippen molar-refractivity contribution < 1.29 is 27.5 Å². The van der Waals surface area contributed by atoms with E-state index in [0.717, 1.165) is 13.2 Å². The molecule has 6 nitrogen and oxygen atoms in total. The first-order valence-electron chi connectivity index (χ1n) is 8.41. The molecule has 150 valence electrons. The third-order valence-electron chi connectivity index (χ3n) is 3.84. The average molecular weight is 395 g/mol. The van der Waals surface area contributed by atoms with E-state index in [9.17, 15) is 22.8 Å². The monoisotopic (exact) mass is 395 g/mol. The zero-order valence-corrected chi connectivity index (χ0v) is 15.6. The van der Waals surface area contributed by atoms with E-state index >= 15 is 0 Å². The molecule has 0 unspecified atom stereocenters. The Labute approximate surface area is 160 Å². The SMILES string of the molecule is COc1c(CNC(=O)c2ccnc(NC(=O)C(C)C)c2)cccc1C(F)(F)F. The van der Waals surface area contributed by atoms with Crippen LogP contribution < -0.4 is 15.4 Å². The van der Waals surface area contributed by atoms with E-state index in [4.69, 9.17) is 4.74 Å². The van der Waals surface area contributed by atoms with Gasteiger partial charge in [0.05, 0.1) is 12.7 Å². The number of benzene rings is 1. The molecule has 0 bridgehead atoms. The minimum absolute atomic E-state index is 0.165. The molecule has 0 aliphatic heterocycles. The van der Waals surface area contributed by atoms with Gasteiger partial charge in [0, 0.05) is 29.8 Å². The number of rotatable bonds is 6. The number of amides is 2. The molecule has 9 heteroatoms. The zero-order chi connectivity index (χ0) is 20.9. The molecule has 2 aromatic rings. The Kier molecular flexibility index (Phi) is 6.61. The summed E-state index contributed by atoms with van der Waals surface area (Å²) in [7, 11) is 1.14. The number of para-hydroxylation sites is 1. The fraction of sp³-hybridized carbons (Fsp3) is 0.316. The fourth-order valence-corrected chi connectivity index (χ4v) is 2.38. The molecule has 1 heterocycles. The number of aromatic nitrogens is 1. The Bertz CT molecular complexity index is 867. The first-order valence-corrected chi connectivity index (χ1v) is 8.41. The van der Waals surface area contributed by atoms with Crippen molar-refractivity contribution in [3.8, 4) is 5.75 Å². The Morgan fingerprint density at radius 3 is 2.54 bits per heavy atom. The van der Waals surface area contributed by atoms with Crippen molar-refractivity contribution in [3.63, 3.8) is 0 Å². The van der Waals surface area contributed by atoms with Gasteiger partial charge >= 0.3 is 6.18 Å². The number of halogens is 3. The lowest BCUT2D eigenvalue weighted by molar-refractivity contribution is -0.138. The number of methoxy groups -OCH3 is 1. The fourth-order valence-electron chi connectivity index (χ4n) is 2.38. The quantitative estimate of drug-likeness (QED) is 0.783. The number of anilines is 1. The highest BCUT2D eigenvalue weighted by molar-refractivity contribution is 5.96. The van der Waals surface area contributed by atoms with Crippen LogP contribution >= 0.6 is 0 Å². The number of alkyl halides is 3. The highest BCUT2D eigenvalue weighted by Crippen LogP contribution is 2.38. The van der Waals surface area contributed by atoms with Crippen LogP contribution in [-0.2, 0) is 17.5 Å². The second-order valence-corrected chi connectivity index (χ2v) is 6.25. The summed E-state index contributed by atoms with van der Waals surface area (Å²) >= 11 is 0. The number of carbonyl (C=O) groups excluding carboxylic acids is 2. The van der Waals surface area contributed by atoms with Gasteiger partial charge in [-0.2, -0.15) is 13.2 Å². The second-order valence-electron chi connectivity index (χ2n) is 6.25. The van der Waals surface area contributed by atoms with E-state index in [-0.39, 0.29) is 41.1 Å². The van der Waals surface area contributed by atoms with E-state index < -0.39 is 17.6 Å². The molecule has 0 atom stereocenters. The molecule has 0 spiro atoms. The number of hydrogen-bond acceptors (Lipinski definition) is 4. The van der Waals surface area contributed by atoms with Crippen molar-refractivity contribution in [2.24, 2.45) is 5.92 Å². The maximum atomic E-state index is 13.1. The number of nitrogens with zero attached hydrogens (tertiary/aromatic N) is 1. The van der Waals surface area contributed by atoms with Crippen LogP contribution in [0.4, 0.5) is 19.0 Å². The van der Waals surface area contributed by atoms with Gasteiger partial charge in [0.2, 0.25) is 5.91 Å². The van der Waals surface area contributed by atoms with Gasteiger partial charge in [-0.3, -0.25) is 9.59 Å². The zero-order valence-electron chi connectivity index (χ0n) is 15.6. The predicted molar refractivity (Wildman–Crippen MR) is 96.9 cm³/mol. The van der Waals surface area contributed by atoms with E-state index in [2.05, 4.69) is 15.6 Å². The number of ether oxygens (including phenoxy) is 1. The summed E-state index contributed by atoms with van der Waals surface area (Å²) in [5.74, 6) is -1.16. The minimum atomic E-state index is -4.57. The summed E-state index contributed by atoms with van der Waals surface area (Å²) in [5, 5.41) is 5.12. The molecule has 2 N–H and O–H groups in total. The van der Waals surface area contributed by atoms with Gasteiger partial charge in [-0.1, -0.05) is 26.0 Å². The molecular weight excluding hydrogens is 375 g/mol. The van der Waals surface area contributed by atoms with Gasteiger partial charge in [-0.25, -0.2) is 4.98 Å². The molecule has 28 heavy (non-hydrogen) atoms. The van der Waals surface area contributed by atoms with Crippen LogP contribution in [0, 0.1) is 5.92 Å². The van der Waals surface area contributed by atoms with Crippen molar-refractivity contribution in [1.82, 2.24) is 10.3 Å². The van der Waals surface area contributed by atoms with E-state index in [1.165, 1.54) is 30.5 Å². The smallest absolute Gasteiger partial charge is 0.419 e. The first kappa shape index (κ1) is 21.2. The molecule has 0 saturated heterocycles. The normalized spacial score (nSPS) is 11.2. The first-order chi connectivity index (χ1) is 13.1. The van der Waals surface area contributed by atoms with Gasteiger partial charge in [0.1, 0.15) is 11.6 Å². The number of hydrogen-bond donors (Lipinski definition) is 2. The van der Waals surface area contributed by atoms with Crippen LogP contribution in [-0.4, -0.2) is 23.9 Å². The van der Waals surface area contributed by atoms with Crippen molar-refractivity contribution in [2.75, 3.05) is 12.4 Å². The summed E-state index contributed by atoms with van der Waals surface area (Å²) in [6.07, 6.45) is -3.21. The van der Waals surface area contributed by atoms with Gasteiger partial charge in [-0.15, -0.1) is 0 Å². The number of carbonyl (C=O) groups is 2. The maximum absolute atomic E-state index is 13.1. The lowest BCUT2D eigenvalue weighted by atomic mass is 10.1. The van der Waals surface area contributed by atoms with E-state index in [1.54, 1.807) is 13.8 Å². The van der Waals surface area contributed by atoms with Gasteiger partial charge < -0.3 is 15.4 Å². The molecule has 2 rings (SSSR count). The maximum Gasteiger partial charge on any atom is 0.419 e. The Hall–Kier alpha value is -3.10. The van der Waals surface area contributed by atoms with Crippen LogP contribution in [0.2, 0.25) is 0 Å². The summed E-state index contributed by atoms with van der Waals surface area (Å²) in [6.45, 7) is 3.27. The van der Waals surface area contributed by atoms with E-state index in [0.29, 0.717) is 0 Å². The highest BCUT2D eigenvalue weighted by atomic mass is 19.4. The molecule has 0 radical (unpaired) electrons. The van der Waals surface area contributed by atoms with Crippen LogP contribution in [0.15, 0.2) is 36.5 Å². The van der Waals surface area contributed by atoms with Crippen LogP contribution in [0.1, 0.15) is 35.3 Å². The number of nitrogens with one attached hydrogen (secondary N) is 2. The largest absolute Gasteiger partial charge is 0.496 e. The highest BCUT2D eigenvalue weighted by Gasteiger charge is 2.35. The third-order valence-corrected chi connectivity index (χ3v) is 3.84.